The molecule has 0 bridgehead atoms. The molecule has 0 aliphatic carbocycles. The molecule has 0 aliphatic heterocycles. The van der Waals surface area contributed by atoms with Gasteiger partial charge in [0.05, 0.1) is 0 Å². The highest BCUT2D eigenvalue weighted by Gasteiger charge is 2.16. The van der Waals surface area contributed by atoms with Crippen LogP contribution in [0.1, 0.15) is 19.8 Å². The lowest BCUT2D eigenvalue weighted by molar-refractivity contribution is -0.143. The Morgan fingerprint density at radius 2 is 2.00 bits per heavy atom. The third kappa shape index (κ3) is 5.59. The second-order valence-electron chi connectivity index (χ2n) is 1.94. The van der Waals surface area contributed by atoms with Gasteiger partial charge in [-0.25, -0.2) is 4.79 Å². The summed E-state index contributed by atoms with van der Waals surface area (Å²) in [6.07, 6.45) is 1.45. The largest absolute Gasteiger partial charge is 0.444 e. The second kappa shape index (κ2) is 5.92. The summed E-state index contributed by atoms with van der Waals surface area (Å²) in [5.41, 5.74) is -0.618. The van der Waals surface area contributed by atoms with E-state index in [4.69, 9.17) is 34.8 Å². The van der Waals surface area contributed by atoms with Crippen molar-refractivity contribution in [2.75, 3.05) is 0 Å². The number of esters is 1. The smallest absolute Gasteiger partial charge is 0.340 e. The molecule has 0 amide bonds. The molecule has 0 spiro atoms. The first-order chi connectivity index (χ1) is 5.07. The van der Waals surface area contributed by atoms with E-state index in [0.717, 1.165) is 6.42 Å². The summed E-state index contributed by atoms with van der Waals surface area (Å²) < 4.78 is 4.61. The molecule has 5 heteroatoms. The number of rotatable bonds is 4. The minimum atomic E-state index is -1.15. The van der Waals surface area contributed by atoms with Crippen LogP contribution in [0.25, 0.3) is 0 Å². The van der Waals surface area contributed by atoms with Crippen LogP contribution in [0.5, 0.6) is 0 Å². The third-order valence-electron chi connectivity index (χ3n) is 0.938. The number of halogens is 3. The van der Waals surface area contributed by atoms with Crippen molar-refractivity contribution in [3.63, 3.8) is 0 Å². The first-order valence-electron chi connectivity index (χ1n) is 3.20. The average Bonchev–Trinajstić information content (AvgIpc) is 1.87. The molecule has 0 aromatic carbocycles. The summed E-state index contributed by atoms with van der Waals surface area (Å²) in [6, 6.07) is 0. The molecule has 0 aliphatic rings. The van der Waals surface area contributed by atoms with E-state index >= 15 is 0 Å². The van der Waals surface area contributed by atoms with Gasteiger partial charge in [0.15, 0.2) is 5.56 Å². The van der Waals surface area contributed by atoms with Crippen molar-refractivity contribution in [1.82, 2.24) is 0 Å². The molecular weight excluding hydrogens is 210 g/mol. The molecule has 0 saturated heterocycles. The molecule has 0 rings (SSSR count). The fraction of sp³-hybridized carbons (Fsp3) is 0.833. The van der Waals surface area contributed by atoms with Gasteiger partial charge in [-0.3, -0.25) is 0 Å². The topological polar surface area (TPSA) is 26.3 Å². The molecule has 0 aromatic rings. The number of hydrogen-bond donors (Lipinski definition) is 0. The fourth-order valence-corrected chi connectivity index (χ4v) is 0.872. The lowest BCUT2D eigenvalue weighted by Crippen LogP contribution is -2.17. The van der Waals surface area contributed by atoms with E-state index in [2.05, 4.69) is 4.74 Å². The van der Waals surface area contributed by atoms with E-state index in [9.17, 15) is 4.79 Å². The number of carbonyl (C=O) groups is 1. The van der Waals surface area contributed by atoms with Gasteiger partial charge in [-0.15, -0.1) is 0 Å². The Balaban J connectivity index is 3.57. The molecule has 0 radical (unpaired) electrons. The van der Waals surface area contributed by atoms with Crippen LogP contribution in [-0.2, 0) is 9.53 Å². The Kier molecular flexibility index (Phi) is 6.11. The SMILES string of the molecule is CCCC(Cl)OC(=O)C(Cl)Cl. The van der Waals surface area contributed by atoms with Gasteiger partial charge in [0.2, 0.25) is 4.84 Å². The number of carbonyl (C=O) groups excluding carboxylic acids is 1. The third-order valence-corrected chi connectivity index (χ3v) is 1.60. The van der Waals surface area contributed by atoms with Gasteiger partial charge in [-0.05, 0) is 6.42 Å². The van der Waals surface area contributed by atoms with Crippen molar-refractivity contribution in [2.24, 2.45) is 0 Å². The standard InChI is InChI=1S/C6H9Cl3O2/c1-2-3-4(7)11-6(10)5(8)9/h4-5H,2-3H2,1H3. The monoisotopic (exact) mass is 218 g/mol. The van der Waals surface area contributed by atoms with E-state index in [-0.39, 0.29) is 0 Å². The molecule has 0 fully saturated rings. The Labute approximate surface area is 80.7 Å². The minimum Gasteiger partial charge on any atom is -0.444 e. The van der Waals surface area contributed by atoms with Gasteiger partial charge >= 0.3 is 5.97 Å². The van der Waals surface area contributed by atoms with Crippen molar-refractivity contribution in [3.8, 4) is 0 Å². The first-order valence-corrected chi connectivity index (χ1v) is 4.51. The zero-order chi connectivity index (χ0) is 8.85. The molecule has 2 nitrogen and oxygen atoms in total. The summed E-state index contributed by atoms with van der Waals surface area (Å²) in [4.78, 5) is 9.51. The van der Waals surface area contributed by atoms with Crippen LogP contribution in [0.3, 0.4) is 0 Å². The highest BCUT2D eigenvalue weighted by Crippen LogP contribution is 2.11. The molecule has 0 aromatic heterocycles. The van der Waals surface area contributed by atoms with Crippen molar-refractivity contribution in [2.45, 2.75) is 30.2 Å². The van der Waals surface area contributed by atoms with Crippen LogP contribution in [-0.4, -0.2) is 16.4 Å². The molecule has 1 atom stereocenters. The fourth-order valence-electron chi connectivity index (χ4n) is 0.463. The van der Waals surface area contributed by atoms with Gasteiger partial charge in [-0.1, -0.05) is 48.1 Å². The Morgan fingerprint density at radius 3 is 2.36 bits per heavy atom. The Bertz CT molecular complexity index is 127. The molecule has 0 N–H and O–H groups in total. The lowest BCUT2D eigenvalue weighted by Gasteiger charge is -2.09. The summed E-state index contributed by atoms with van der Waals surface area (Å²) >= 11 is 16.0. The van der Waals surface area contributed by atoms with E-state index in [1.165, 1.54) is 0 Å². The summed E-state index contributed by atoms with van der Waals surface area (Å²) in [7, 11) is 0. The van der Waals surface area contributed by atoms with Crippen molar-refractivity contribution >= 4 is 40.8 Å². The van der Waals surface area contributed by atoms with Crippen molar-refractivity contribution in [3.05, 3.63) is 0 Å². The van der Waals surface area contributed by atoms with E-state index in [1.807, 2.05) is 6.92 Å². The number of hydrogen-bond acceptors (Lipinski definition) is 2. The Hall–Kier alpha value is 0.340. The van der Waals surface area contributed by atoms with Crippen molar-refractivity contribution in [1.29, 1.82) is 0 Å². The van der Waals surface area contributed by atoms with Crippen LogP contribution in [0, 0.1) is 0 Å². The van der Waals surface area contributed by atoms with Gasteiger partial charge in [0.25, 0.3) is 0 Å². The molecule has 66 valence electrons. The molecule has 0 heterocycles. The average molecular weight is 219 g/mol. The van der Waals surface area contributed by atoms with Crippen LogP contribution >= 0.6 is 34.8 Å². The Morgan fingerprint density at radius 1 is 1.45 bits per heavy atom. The van der Waals surface area contributed by atoms with Crippen LogP contribution in [0.4, 0.5) is 0 Å². The minimum absolute atomic E-state index is 0.605. The normalized spacial score (nSPS) is 13.2. The van der Waals surface area contributed by atoms with Crippen LogP contribution in [0.15, 0.2) is 0 Å². The summed E-state index contributed by atoms with van der Waals surface area (Å²) in [5, 5.41) is 0. The molecule has 0 saturated carbocycles. The van der Waals surface area contributed by atoms with E-state index in [1.54, 1.807) is 0 Å². The highest BCUT2D eigenvalue weighted by molar-refractivity contribution is 6.53. The van der Waals surface area contributed by atoms with Gasteiger partial charge < -0.3 is 4.74 Å². The molecule has 1 unspecified atom stereocenters. The summed E-state index contributed by atoms with van der Waals surface area (Å²) in [6.45, 7) is 1.93. The van der Waals surface area contributed by atoms with Gasteiger partial charge in [0.1, 0.15) is 0 Å². The second-order valence-corrected chi connectivity index (χ2v) is 3.52. The zero-order valence-corrected chi connectivity index (χ0v) is 8.29. The maximum atomic E-state index is 10.7. The van der Waals surface area contributed by atoms with Crippen molar-refractivity contribution < 1.29 is 9.53 Å². The maximum absolute atomic E-state index is 10.7. The first kappa shape index (κ1) is 11.3. The molecule has 11 heavy (non-hydrogen) atoms. The lowest BCUT2D eigenvalue weighted by atomic mass is 10.4. The predicted octanol–water partition coefficient (Wildman–Crippen LogP) is 2.70. The number of ether oxygens (including phenoxy) is 1. The van der Waals surface area contributed by atoms with Crippen LogP contribution in [0.2, 0.25) is 0 Å². The van der Waals surface area contributed by atoms with Gasteiger partial charge in [0, 0.05) is 0 Å². The maximum Gasteiger partial charge on any atom is 0.340 e. The van der Waals surface area contributed by atoms with Crippen LogP contribution < -0.4 is 0 Å². The van der Waals surface area contributed by atoms with Gasteiger partial charge in [-0.2, -0.15) is 0 Å². The van der Waals surface area contributed by atoms with E-state index in [0.29, 0.717) is 6.42 Å². The van der Waals surface area contributed by atoms with E-state index < -0.39 is 16.4 Å². The highest BCUT2D eigenvalue weighted by atomic mass is 35.5. The molecular formula is C6H9Cl3O2. The predicted molar refractivity (Wildman–Crippen MR) is 46.1 cm³/mol. The number of alkyl halides is 3. The zero-order valence-electron chi connectivity index (χ0n) is 6.02. The summed E-state index contributed by atoms with van der Waals surface area (Å²) in [5.74, 6) is -0.693. The quantitative estimate of drug-likeness (QED) is 0.537.